The van der Waals surface area contributed by atoms with Crippen molar-refractivity contribution >= 4 is 17.3 Å². The van der Waals surface area contributed by atoms with Crippen molar-refractivity contribution in [3.05, 3.63) is 11.6 Å². The molecule has 25 heavy (non-hydrogen) atoms. The average Bonchev–Trinajstić information content (AvgIpc) is 2.87. The Labute approximate surface area is 150 Å². The van der Waals surface area contributed by atoms with E-state index in [4.69, 9.17) is 0 Å². The second-order valence-corrected chi connectivity index (χ2v) is 9.94. The quantitative estimate of drug-likeness (QED) is 0.714. The molecular weight excluding hydrogens is 312 g/mol. The van der Waals surface area contributed by atoms with Gasteiger partial charge in [0.2, 0.25) is 0 Å². The fourth-order valence-corrected chi connectivity index (χ4v) is 7.77. The van der Waals surface area contributed by atoms with E-state index in [0.29, 0.717) is 30.5 Å². The molecule has 4 aliphatic carbocycles. The predicted octanol–water partition coefficient (Wildman–Crippen LogP) is 4.29. The van der Waals surface area contributed by atoms with Gasteiger partial charge >= 0.3 is 0 Å². The van der Waals surface area contributed by atoms with Crippen LogP contribution in [-0.4, -0.2) is 17.3 Å². The maximum Gasteiger partial charge on any atom is 0.160 e. The smallest absolute Gasteiger partial charge is 0.160 e. The maximum atomic E-state index is 13.1. The molecule has 0 bridgehead atoms. The number of carbonyl (C=O) groups is 3. The van der Waals surface area contributed by atoms with Gasteiger partial charge < -0.3 is 0 Å². The monoisotopic (exact) mass is 342 g/mol. The van der Waals surface area contributed by atoms with Crippen molar-refractivity contribution in [2.45, 2.75) is 72.6 Å². The van der Waals surface area contributed by atoms with Crippen LogP contribution in [0.15, 0.2) is 11.6 Å². The standard InChI is InChI=1S/C22H30O3/c1-13(23)15-5-6-18-20(15,2)10-8-19-21(3)9-7-14(24)11-16(21)17(25)12-22(18,19)4/h11,15,18-19H,5-10,12H2,1-4H3. The highest BCUT2D eigenvalue weighted by Gasteiger charge is 2.66. The Morgan fingerprint density at radius 1 is 1.00 bits per heavy atom. The first-order valence-electron chi connectivity index (χ1n) is 9.91. The Bertz CT molecular complexity index is 704. The third-order valence-corrected chi connectivity index (χ3v) is 8.81. The number of rotatable bonds is 1. The molecule has 0 aromatic carbocycles. The van der Waals surface area contributed by atoms with Gasteiger partial charge in [0, 0.05) is 24.3 Å². The largest absolute Gasteiger partial charge is 0.300 e. The minimum Gasteiger partial charge on any atom is -0.300 e. The lowest BCUT2D eigenvalue weighted by Crippen LogP contribution is -2.58. The first-order chi connectivity index (χ1) is 11.6. The van der Waals surface area contributed by atoms with E-state index in [1.807, 2.05) is 0 Å². The highest BCUT2D eigenvalue weighted by Crippen LogP contribution is 2.71. The van der Waals surface area contributed by atoms with E-state index in [-0.39, 0.29) is 33.7 Å². The van der Waals surface area contributed by atoms with Gasteiger partial charge in [0.1, 0.15) is 5.78 Å². The summed E-state index contributed by atoms with van der Waals surface area (Å²) in [5.74, 6) is 1.66. The molecule has 6 atom stereocenters. The highest BCUT2D eigenvalue weighted by atomic mass is 16.1. The van der Waals surface area contributed by atoms with Crippen molar-refractivity contribution < 1.29 is 14.4 Å². The first-order valence-corrected chi connectivity index (χ1v) is 9.91. The highest BCUT2D eigenvalue weighted by molar-refractivity contribution is 6.06. The third kappa shape index (κ3) is 2.07. The van der Waals surface area contributed by atoms with E-state index in [9.17, 15) is 14.4 Å². The van der Waals surface area contributed by atoms with Gasteiger partial charge in [-0.25, -0.2) is 0 Å². The molecule has 6 unspecified atom stereocenters. The summed E-state index contributed by atoms with van der Waals surface area (Å²) in [6.07, 6.45) is 7.78. The van der Waals surface area contributed by atoms with Gasteiger partial charge in [0.05, 0.1) is 0 Å². The summed E-state index contributed by atoms with van der Waals surface area (Å²) in [6, 6.07) is 0. The molecule has 136 valence electrons. The molecule has 0 aromatic heterocycles. The van der Waals surface area contributed by atoms with Crippen molar-refractivity contribution in [3.63, 3.8) is 0 Å². The molecular formula is C22H30O3. The Morgan fingerprint density at radius 2 is 1.72 bits per heavy atom. The van der Waals surface area contributed by atoms with Gasteiger partial charge in [-0.1, -0.05) is 20.8 Å². The molecule has 0 heterocycles. The summed E-state index contributed by atoms with van der Waals surface area (Å²) < 4.78 is 0. The predicted molar refractivity (Wildman–Crippen MR) is 95.9 cm³/mol. The molecule has 3 fully saturated rings. The molecule has 0 saturated heterocycles. The van der Waals surface area contributed by atoms with Crippen LogP contribution in [0.5, 0.6) is 0 Å². The molecule has 3 heteroatoms. The van der Waals surface area contributed by atoms with Crippen LogP contribution in [0, 0.1) is 34.0 Å². The number of allylic oxidation sites excluding steroid dienone is 1. The third-order valence-electron chi connectivity index (χ3n) is 8.81. The van der Waals surface area contributed by atoms with Crippen LogP contribution < -0.4 is 0 Å². The van der Waals surface area contributed by atoms with Crippen LogP contribution in [0.2, 0.25) is 0 Å². The first kappa shape index (κ1) is 17.2. The fourth-order valence-electron chi connectivity index (χ4n) is 7.77. The normalized spacial score (nSPS) is 49.1. The zero-order valence-electron chi connectivity index (χ0n) is 16.0. The summed E-state index contributed by atoms with van der Waals surface area (Å²) in [7, 11) is 0. The SMILES string of the molecule is CC(=O)C1CCC2C1(C)CCC1C3(C)CCC(=O)C=C3C(=O)CC12C. The van der Waals surface area contributed by atoms with Gasteiger partial charge in [0.25, 0.3) is 0 Å². The molecule has 0 radical (unpaired) electrons. The van der Waals surface area contributed by atoms with E-state index < -0.39 is 0 Å². The number of Topliss-reactive ketones (excluding diaryl/α,β-unsaturated/α-hetero) is 2. The zero-order chi connectivity index (χ0) is 18.2. The van der Waals surface area contributed by atoms with Crippen LogP contribution in [0.3, 0.4) is 0 Å². The maximum absolute atomic E-state index is 13.1. The van der Waals surface area contributed by atoms with Crippen LogP contribution in [0.4, 0.5) is 0 Å². The van der Waals surface area contributed by atoms with Crippen LogP contribution in [-0.2, 0) is 14.4 Å². The average molecular weight is 342 g/mol. The van der Waals surface area contributed by atoms with E-state index in [0.717, 1.165) is 37.7 Å². The molecule has 0 aliphatic heterocycles. The van der Waals surface area contributed by atoms with Crippen molar-refractivity contribution in [1.82, 2.24) is 0 Å². The van der Waals surface area contributed by atoms with Crippen molar-refractivity contribution in [3.8, 4) is 0 Å². The molecule has 0 N–H and O–H groups in total. The molecule has 0 amide bonds. The van der Waals surface area contributed by atoms with Gasteiger partial charge in [0.15, 0.2) is 11.6 Å². The lowest BCUT2D eigenvalue weighted by molar-refractivity contribution is -0.149. The Kier molecular flexibility index (Phi) is 3.53. The molecule has 3 saturated carbocycles. The van der Waals surface area contributed by atoms with Crippen molar-refractivity contribution in [2.75, 3.05) is 0 Å². The van der Waals surface area contributed by atoms with Crippen molar-refractivity contribution in [1.29, 1.82) is 0 Å². The van der Waals surface area contributed by atoms with Crippen molar-refractivity contribution in [2.24, 2.45) is 34.0 Å². The van der Waals surface area contributed by atoms with Gasteiger partial charge in [-0.15, -0.1) is 0 Å². The lowest BCUT2D eigenvalue weighted by Gasteiger charge is -2.62. The number of carbonyl (C=O) groups excluding carboxylic acids is 3. The Balaban J connectivity index is 1.79. The van der Waals surface area contributed by atoms with Gasteiger partial charge in [-0.3, -0.25) is 14.4 Å². The van der Waals surface area contributed by atoms with E-state index in [1.54, 1.807) is 13.0 Å². The molecule has 4 rings (SSSR count). The van der Waals surface area contributed by atoms with Gasteiger partial charge in [-0.05, 0) is 73.2 Å². The summed E-state index contributed by atoms with van der Waals surface area (Å²) in [6.45, 7) is 8.60. The Morgan fingerprint density at radius 3 is 2.40 bits per heavy atom. The van der Waals surface area contributed by atoms with Crippen LogP contribution in [0.25, 0.3) is 0 Å². The number of ketones is 3. The zero-order valence-corrected chi connectivity index (χ0v) is 16.0. The fraction of sp³-hybridized carbons (Fsp3) is 0.773. The number of hydrogen-bond acceptors (Lipinski definition) is 3. The van der Waals surface area contributed by atoms with Gasteiger partial charge in [-0.2, -0.15) is 0 Å². The molecule has 3 nitrogen and oxygen atoms in total. The summed E-state index contributed by atoms with van der Waals surface area (Å²) >= 11 is 0. The number of fused-ring (bicyclic) bond motifs is 5. The topological polar surface area (TPSA) is 51.2 Å². The molecule has 4 aliphatic rings. The van der Waals surface area contributed by atoms with E-state index >= 15 is 0 Å². The van der Waals surface area contributed by atoms with Crippen LogP contribution in [0.1, 0.15) is 72.6 Å². The minimum atomic E-state index is -0.159. The lowest BCUT2D eigenvalue weighted by atomic mass is 9.41. The number of hydrogen-bond donors (Lipinski definition) is 0. The minimum absolute atomic E-state index is 0.0409. The molecule has 0 spiro atoms. The Hall–Kier alpha value is -1.25. The summed E-state index contributed by atoms with van der Waals surface area (Å²) in [5, 5.41) is 0. The summed E-state index contributed by atoms with van der Waals surface area (Å²) in [4.78, 5) is 37.2. The summed E-state index contributed by atoms with van der Waals surface area (Å²) in [5.41, 5.74) is 0.643. The van der Waals surface area contributed by atoms with Crippen LogP contribution >= 0.6 is 0 Å². The second-order valence-electron chi connectivity index (χ2n) is 9.94. The van der Waals surface area contributed by atoms with E-state index in [2.05, 4.69) is 20.8 Å². The van der Waals surface area contributed by atoms with E-state index in [1.165, 1.54) is 0 Å². The molecule has 0 aromatic rings. The second kappa shape index (κ2) is 5.14.